The van der Waals surface area contributed by atoms with Crippen molar-refractivity contribution in [3.05, 3.63) is 23.2 Å². The third kappa shape index (κ3) is 2.18. The first-order valence-electron chi connectivity index (χ1n) is 4.41. The lowest BCUT2D eigenvalue weighted by molar-refractivity contribution is 0.102. The standard InChI is InChI=1S/C8H9N5OS/c1-2-6-12-13-8(15-6)11-7(14)5-3-9-4-10-5/h3-4H,2H2,1H3,(H,9,10)(H,11,13,14). The van der Waals surface area contributed by atoms with E-state index in [4.69, 9.17) is 0 Å². The third-order valence-corrected chi connectivity index (χ3v) is 2.72. The molecule has 0 spiro atoms. The van der Waals surface area contributed by atoms with E-state index in [0.29, 0.717) is 10.8 Å². The zero-order chi connectivity index (χ0) is 10.7. The fourth-order valence-corrected chi connectivity index (χ4v) is 1.67. The summed E-state index contributed by atoms with van der Waals surface area (Å²) in [5, 5.41) is 11.8. The molecule has 0 aliphatic rings. The van der Waals surface area contributed by atoms with Gasteiger partial charge in [0.05, 0.1) is 12.5 Å². The molecule has 0 radical (unpaired) electrons. The molecule has 1 amide bonds. The summed E-state index contributed by atoms with van der Waals surface area (Å²) in [6.45, 7) is 1.99. The summed E-state index contributed by atoms with van der Waals surface area (Å²) in [7, 11) is 0. The number of H-pyrrole nitrogens is 1. The molecule has 0 unspecified atom stereocenters. The minimum Gasteiger partial charge on any atom is -0.341 e. The van der Waals surface area contributed by atoms with Crippen LogP contribution in [0.1, 0.15) is 22.4 Å². The fourth-order valence-electron chi connectivity index (χ4n) is 0.992. The molecule has 78 valence electrons. The highest BCUT2D eigenvalue weighted by molar-refractivity contribution is 7.15. The minimum absolute atomic E-state index is 0.258. The van der Waals surface area contributed by atoms with E-state index in [1.165, 1.54) is 23.9 Å². The zero-order valence-corrected chi connectivity index (χ0v) is 8.84. The average Bonchev–Trinajstić information content (AvgIpc) is 2.87. The Labute approximate surface area is 89.8 Å². The molecule has 7 heteroatoms. The van der Waals surface area contributed by atoms with Crippen LogP contribution in [0.4, 0.5) is 5.13 Å². The molecule has 15 heavy (non-hydrogen) atoms. The van der Waals surface area contributed by atoms with E-state index in [-0.39, 0.29) is 5.91 Å². The third-order valence-electron chi connectivity index (χ3n) is 1.73. The van der Waals surface area contributed by atoms with Crippen molar-refractivity contribution in [3.63, 3.8) is 0 Å². The molecule has 2 aromatic rings. The lowest BCUT2D eigenvalue weighted by Crippen LogP contribution is -2.11. The van der Waals surface area contributed by atoms with E-state index in [9.17, 15) is 4.79 Å². The number of amides is 1. The molecule has 0 fully saturated rings. The Morgan fingerprint density at radius 1 is 1.60 bits per heavy atom. The summed E-state index contributed by atoms with van der Waals surface area (Å²) in [5.74, 6) is -0.258. The van der Waals surface area contributed by atoms with Crippen molar-refractivity contribution in [1.29, 1.82) is 0 Å². The molecule has 0 saturated carbocycles. The van der Waals surface area contributed by atoms with Crippen molar-refractivity contribution in [2.24, 2.45) is 0 Å². The van der Waals surface area contributed by atoms with Crippen molar-refractivity contribution in [2.45, 2.75) is 13.3 Å². The average molecular weight is 223 g/mol. The predicted molar refractivity (Wildman–Crippen MR) is 55.8 cm³/mol. The molecule has 2 N–H and O–H groups in total. The number of nitrogens with zero attached hydrogens (tertiary/aromatic N) is 3. The molecule has 0 aliphatic carbocycles. The van der Waals surface area contributed by atoms with Crippen molar-refractivity contribution in [2.75, 3.05) is 5.32 Å². The van der Waals surface area contributed by atoms with Crippen LogP contribution >= 0.6 is 11.3 Å². The van der Waals surface area contributed by atoms with Crippen LogP contribution in [-0.2, 0) is 6.42 Å². The summed E-state index contributed by atoms with van der Waals surface area (Å²) < 4.78 is 0. The van der Waals surface area contributed by atoms with Gasteiger partial charge < -0.3 is 4.98 Å². The molecule has 2 aromatic heterocycles. The Hall–Kier alpha value is -1.76. The van der Waals surface area contributed by atoms with E-state index in [0.717, 1.165) is 11.4 Å². The second kappa shape index (κ2) is 4.18. The molecule has 2 heterocycles. The van der Waals surface area contributed by atoms with Crippen molar-refractivity contribution < 1.29 is 4.79 Å². The first-order chi connectivity index (χ1) is 7.29. The van der Waals surface area contributed by atoms with Crippen molar-refractivity contribution >= 4 is 22.4 Å². The highest BCUT2D eigenvalue weighted by atomic mass is 32.1. The van der Waals surface area contributed by atoms with Crippen LogP contribution in [0.5, 0.6) is 0 Å². The Morgan fingerprint density at radius 2 is 2.47 bits per heavy atom. The Balaban J connectivity index is 2.06. The maximum absolute atomic E-state index is 11.5. The number of carbonyl (C=O) groups is 1. The molecular formula is C8H9N5OS. The van der Waals surface area contributed by atoms with Gasteiger partial charge >= 0.3 is 0 Å². The van der Waals surface area contributed by atoms with Crippen molar-refractivity contribution in [1.82, 2.24) is 20.2 Å². The first-order valence-corrected chi connectivity index (χ1v) is 5.23. The predicted octanol–water partition coefficient (Wildman–Crippen LogP) is 1.08. The van der Waals surface area contributed by atoms with Gasteiger partial charge in [-0.2, -0.15) is 0 Å². The van der Waals surface area contributed by atoms with Gasteiger partial charge in [-0.1, -0.05) is 18.3 Å². The SMILES string of the molecule is CCc1nnc(NC(=O)c2cnc[nH]2)s1. The number of anilines is 1. The quantitative estimate of drug-likeness (QED) is 0.815. The maximum atomic E-state index is 11.5. The Morgan fingerprint density at radius 3 is 3.07 bits per heavy atom. The molecule has 0 aromatic carbocycles. The molecule has 0 bridgehead atoms. The van der Waals surface area contributed by atoms with E-state index in [1.54, 1.807) is 0 Å². The lowest BCUT2D eigenvalue weighted by atomic mass is 10.4. The number of aromatic nitrogens is 4. The van der Waals surface area contributed by atoms with Crippen LogP contribution in [0, 0.1) is 0 Å². The molecule has 2 rings (SSSR count). The first kappa shape index (κ1) is 9.78. The summed E-state index contributed by atoms with van der Waals surface area (Å²) in [5.41, 5.74) is 0.406. The Bertz CT molecular complexity index is 449. The number of aryl methyl sites for hydroxylation is 1. The fraction of sp³-hybridized carbons (Fsp3) is 0.250. The van der Waals surface area contributed by atoms with Gasteiger partial charge in [-0.05, 0) is 6.42 Å². The molecule has 0 saturated heterocycles. The second-order valence-corrected chi connectivity index (χ2v) is 3.84. The van der Waals surface area contributed by atoms with E-state index >= 15 is 0 Å². The van der Waals surface area contributed by atoms with Gasteiger partial charge in [0.15, 0.2) is 0 Å². The topological polar surface area (TPSA) is 83.6 Å². The van der Waals surface area contributed by atoms with E-state index < -0.39 is 0 Å². The van der Waals surface area contributed by atoms with Crippen LogP contribution in [0.3, 0.4) is 0 Å². The zero-order valence-electron chi connectivity index (χ0n) is 8.02. The number of hydrogen-bond donors (Lipinski definition) is 2. The lowest BCUT2D eigenvalue weighted by Gasteiger charge is -1.95. The molecular weight excluding hydrogens is 214 g/mol. The van der Waals surface area contributed by atoms with Gasteiger partial charge in [0.1, 0.15) is 10.7 Å². The second-order valence-electron chi connectivity index (χ2n) is 2.77. The summed E-state index contributed by atoms with van der Waals surface area (Å²) >= 11 is 1.37. The van der Waals surface area contributed by atoms with E-state index in [2.05, 4.69) is 25.5 Å². The summed E-state index contributed by atoms with van der Waals surface area (Å²) in [4.78, 5) is 18.0. The van der Waals surface area contributed by atoms with Crippen LogP contribution < -0.4 is 5.32 Å². The maximum Gasteiger partial charge on any atom is 0.275 e. The number of aromatic amines is 1. The number of nitrogens with one attached hydrogen (secondary N) is 2. The van der Waals surface area contributed by atoms with Crippen LogP contribution in [0.2, 0.25) is 0 Å². The van der Waals surface area contributed by atoms with Gasteiger partial charge in [0.25, 0.3) is 5.91 Å². The van der Waals surface area contributed by atoms with Crippen LogP contribution in [0.15, 0.2) is 12.5 Å². The van der Waals surface area contributed by atoms with Gasteiger partial charge in [0, 0.05) is 0 Å². The number of hydrogen-bond acceptors (Lipinski definition) is 5. The van der Waals surface area contributed by atoms with Gasteiger partial charge in [0.2, 0.25) is 5.13 Å². The molecule has 0 atom stereocenters. The Kier molecular flexibility index (Phi) is 2.72. The van der Waals surface area contributed by atoms with Crippen molar-refractivity contribution in [3.8, 4) is 0 Å². The number of rotatable bonds is 3. The monoisotopic (exact) mass is 223 g/mol. The van der Waals surface area contributed by atoms with E-state index in [1.807, 2.05) is 6.92 Å². The highest BCUT2D eigenvalue weighted by Crippen LogP contribution is 2.15. The minimum atomic E-state index is -0.258. The highest BCUT2D eigenvalue weighted by Gasteiger charge is 2.10. The summed E-state index contributed by atoms with van der Waals surface area (Å²) in [6, 6.07) is 0. The molecule has 0 aliphatic heterocycles. The largest absolute Gasteiger partial charge is 0.341 e. The molecule has 6 nitrogen and oxygen atoms in total. The van der Waals surface area contributed by atoms with Gasteiger partial charge in [-0.3, -0.25) is 10.1 Å². The number of carbonyl (C=O) groups excluding carboxylic acids is 1. The van der Waals surface area contributed by atoms with Gasteiger partial charge in [-0.25, -0.2) is 4.98 Å². The summed E-state index contributed by atoms with van der Waals surface area (Å²) in [6.07, 6.45) is 3.72. The van der Waals surface area contributed by atoms with Gasteiger partial charge in [-0.15, -0.1) is 10.2 Å². The smallest absolute Gasteiger partial charge is 0.275 e. The normalized spacial score (nSPS) is 10.2. The van der Waals surface area contributed by atoms with Crippen LogP contribution in [-0.4, -0.2) is 26.1 Å². The number of imidazole rings is 1. The van der Waals surface area contributed by atoms with Crippen LogP contribution in [0.25, 0.3) is 0 Å².